The van der Waals surface area contributed by atoms with Crippen molar-refractivity contribution in [2.24, 2.45) is 4.99 Å². The molecule has 2 aromatic rings. The Balaban J connectivity index is 2.07. The number of amidine groups is 1. The molecule has 3 rings (SSSR count). The number of hydrogen-bond acceptors (Lipinski definition) is 2. The molecule has 1 heterocycles. The van der Waals surface area contributed by atoms with Crippen molar-refractivity contribution < 1.29 is 13.5 Å². The Hall–Kier alpha value is -2.43. The van der Waals surface area contributed by atoms with Crippen LogP contribution in [0.15, 0.2) is 59.6 Å². The second kappa shape index (κ2) is 6.14. The number of methoxy groups -OCH3 is 1. The highest BCUT2D eigenvalue weighted by atomic mass is 19.3. The summed E-state index contributed by atoms with van der Waals surface area (Å²) in [6.45, 7) is 5.46. The first-order valence-corrected chi connectivity index (χ1v) is 8.20. The van der Waals surface area contributed by atoms with Gasteiger partial charge >= 0.3 is 5.92 Å². The van der Waals surface area contributed by atoms with Crippen molar-refractivity contribution in [3.8, 4) is 5.75 Å². The van der Waals surface area contributed by atoms with Gasteiger partial charge in [-0.1, -0.05) is 30.3 Å². The van der Waals surface area contributed by atoms with Crippen LogP contribution in [-0.4, -0.2) is 24.4 Å². The van der Waals surface area contributed by atoms with Gasteiger partial charge in [0.1, 0.15) is 11.8 Å². The average Bonchev–Trinajstić information content (AvgIpc) is 2.58. The van der Waals surface area contributed by atoms with Gasteiger partial charge in [-0.25, -0.2) is 0 Å². The van der Waals surface area contributed by atoms with Gasteiger partial charge in [-0.3, -0.25) is 4.99 Å². The van der Waals surface area contributed by atoms with E-state index in [0.29, 0.717) is 17.0 Å². The lowest BCUT2D eigenvalue weighted by Gasteiger charge is -2.50. The van der Waals surface area contributed by atoms with E-state index >= 15 is 0 Å². The third-order valence-electron chi connectivity index (χ3n) is 4.04. The highest BCUT2D eigenvalue weighted by molar-refractivity contribution is 6.11. The minimum absolute atomic E-state index is 0.188. The van der Waals surface area contributed by atoms with Gasteiger partial charge in [0.25, 0.3) is 0 Å². The van der Waals surface area contributed by atoms with Gasteiger partial charge in [0.05, 0.1) is 12.6 Å². The molecule has 0 saturated carbocycles. The summed E-state index contributed by atoms with van der Waals surface area (Å²) < 4.78 is 35.1. The summed E-state index contributed by atoms with van der Waals surface area (Å²) in [4.78, 5) is 5.92. The van der Waals surface area contributed by atoms with Crippen molar-refractivity contribution in [1.29, 1.82) is 0 Å². The van der Waals surface area contributed by atoms with Crippen LogP contribution in [0.5, 0.6) is 5.75 Å². The van der Waals surface area contributed by atoms with E-state index in [0.717, 1.165) is 0 Å². The number of halogens is 2. The molecule has 1 saturated heterocycles. The van der Waals surface area contributed by atoms with Crippen molar-refractivity contribution in [3.05, 3.63) is 60.2 Å². The summed E-state index contributed by atoms with van der Waals surface area (Å²) in [6, 6.07) is 14.9. The normalized spacial score (nSPS) is 21.1. The van der Waals surface area contributed by atoms with Crippen LogP contribution >= 0.6 is 0 Å². The Bertz CT molecular complexity index is 765. The zero-order chi connectivity index (χ0) is 18.2. The fourth-order valence-corrected chi connectivity index (χ4v) is 2.95. The Labute approximate surface area is 147 Å². The van der Waals surface area contributed by atoms with Gasteiger partial charge in [-0.15, -0.1) is 0 Å². The topological polar surface area (TPSA) is 24.8 Å². The first-order valence-electron chi connectivity index (χ1n) is 8.20. The number of alkyl halides is 2. The van der Waals surface area contributed by atoms with Gasteiger partial charge in [-0.2, -0.15) is 8.78 Å². The van der Waals surface area contributed by atoms with Crippen molar-refractivity contribution in [3.63, 3.8) is 0 Å². The minimum Gasteiger partial charge on any atom is -0.497 e. The number of benzene rings is 2. The molecule has 3 nitrogen and oxygen atoms in total. The molecule has 0 N–H and O–H groups in total. The molecule has 0 amide bonds. The molecule has 0 spiro atoms. The molecule has 2 aromatic carbocycles. The molecule has 1 aliphatic heterocycles. The smallest absolute Gasteiger partial charge is 0.328 e. The summed E-state index contributed by atoms with van der Waals surface area (Å²) in [5.41, 5.74) is 0.649. The Morgan fingerprint density at radius 1 is 1.00 bits per heavy atom. The second-order valence-corrected chi connectivity index (χ2v) is 7.11. The minimum atomic E-state index is -3.03. The number of hydrogen-bond donors (Lipinski definition) is 0. The molecule has 0 radical (unpaired) electrons. The molecule has 132 valence electrons. The Morgan fingerprint density at radius 2 is 1.60 bits per heavy atom. The first kappa shape index (κ1) is 17.4. The van der Waals surface area contributed by atoms with E-state index in [1.54, 1.807) is 36.3 Å². The Morgan fingerprint density at radius 3 is 2.12 bits per heavy atom. The van der Waals surface area contributed by atoms with Crippen LogP contribution in [-0.2, 0) is 0 Å². The third kappa shape index (κ3) is 3.23. The van der Waals surface area contributed by atoms with E-state index in [-0.39, 0.29) is 5.84 Å². The predicted octanol–water partition coefficient (Wildman–Crippen LogP) is 5.09. The number of aliphatic imine (C=N–C) groups is 1. The molecular weight excluding hydrogens is 322 g/mol. The van der Waals surface area contributed by atoms with Crippen LogP contribution in [0.4, 0.5) is 14.5 Å². The van der Waals surface area contributed by atoms with E-state index in [1.165, 1.54) is 0 Å². The summed E-state index contributed by atoms with van der Waals surface area (Å²) in [5.74, 6) is -2.58. The maximum atomic E-state index is 15.0. The van der Waals surface area contributed by atoms with Gasteiger partial charge in [0.15, 0.2) is 5.84 Å². The fraction of sp³-hybridized carbons (Fsp3) is 0.350. The number of para-hydroxylation sites is 1. The average molecular weight is 344 g/mol. The van der Waals surface area contributed by atoms with Crippen molar-refractivity contribution in [1.82, 2.24) is 0 Å². The number of nitrogens with zero attached hydrogens (tertiary/aromatic N) is 2. The third-order valence-corrected chi connectivity index (χ3v) is 4.04. The van der Waals surface area contributed by atoms with Crippen molar-refractivity contribution in [2.45, 2.75) is 38.3 Å². The summed E-state index contributed by atoms with van der Waals surface area (Å²) in [6.07, 6.45) is 0. The van der Waals surface area contributed by atoms with Crippen LogP contribution in [0.2, 0.25) is 0 Å². The van der Waals surface area contributed by atoms with Crippen molar-refractivity contribution in [2.75, 3.05) is 12.0 Å². The van der Waals surface area contributed by atoms with Crippen LogP contribution in [0.25, 0.3) is 0 Å². The predicted molar refractivity (Wildman–Crippen MR) is 96.8 cm³/mol. The second-order valence-electron chi connectivity index (χ2n) is 7.11. The van der Waals surface area contributed by atoms with Crippen LogP contribution in [0.1, 0.15) is 32.4 Å². The molecule has 5 heteroatoms. The van der Waals surface area contributed by atoms with E-state index < -0.39 is 17.5 Å². The standard InChI is InChI=1S/C20H22F2N2O/c1-19(2,3)23-18-20(21,22)17(14-10-12-16(25-4)13-11-14)24(18)15-8-6-5-7-9-15/h5-13,17H,1-4H3. The van der Waals surface area contributed by atoms with Crippen molar-refractivity contribution >= 4 is 11.5 Å². The fourth-order valence-electron chi connectivity index (χ4n) is 2.95. The highest BCUT2D eigenvalue weighted by Gasteiger charge is 2.62. The van der Waals surface area contributed by atoms with Crippen LogP contribution in [0, 0.1) is 0 Å². The van der Waals surface area contributed by atoms with E-state index in [9.17, 15) is 8.78 Å². The molecular formula is C20H22F2N2O. The van der Waals surface area contributed by atoms with Gasteiger partial charge in [-0.05, 0) is 50.6 Å². The molecule has 0 bridgehead atoms. The van der Waals surface area contributed by atoms with E-state index in [2.05, 4.69) is 4.99 Å². The van der Waals surface area contributed by atoms with Crippen LogP contribution < -0.4 is 9.64 Å². The molecule has 1 unspecified atom stereocenters. The lowest BCUT2D eigenvalue weighted by Crippen LogP contribution is -2.64. The molecule has 1 aliphatic rings. The summed E-state index contributed by atoms with van der Waals surface area (Å²) >= 11 is 0. The molecule has 1 fully saturated rings. The van der Waals surface area contributed by atoms with E-state index in [4.69, 9.17) is 4.74 Å². The number of rotatable bonds is 3. The quantitative estimate of drug-likeness (QED) is 0.775. The summed E-state index contributed by atoms with van der Waals surface area (Å²) in [7, 11) is 1.55. The maximum absolute atomic E-state index is 15.0. The zero-order valence-electron chi connectivity index (χ0n) is 14.8. The SMILES string of the molecule is COc1ccc(C2N(c3ccccc3)C(=NC(C)(C)C)C2(F)F)cc1. The monoisotopic (exact) mass is 344 g/mol. The summed E-state index contributed by atoms with van der Waals surface area (Å²) in [5, 5.41) is 0. The lowest BCUT2D eigenvalue weighted by molar-refractivity contribution is 0.0149. The highest BCUT2D eigenvalue weighted by Crippen LogP contribution is 2.51. The number of ether oxygens (including phenoxy) is 1. The number of anilines is 1. The van der Waals surface area contributed by atoms with Gasteiger partial charge in [0.2, 0.25) is 0 Å². The van der Waals surface area contributed by atoms with Crippen LogP contribution in [0.3, 0.4) is 0 Å². The lowest BCUT2D eigenvalue weighted by atomic mass is 9.87. The zero-order valence-corrected chi connectivity index (χ0v) is 14.8. The largest absolute Gasteiger partial charge is 0.497 e. The maximum Gasteiger partial charge on any atom is 0.328 e. The molecule has 0 aliphatic carbocycles. The van der Waals surface area contributed by atoms with Gasteiger partial charge < -0.3 is 9.64 Å². The first-order chi connectivity index (χ1) is 11.7. The molecule has 1 atom stereocenters. The molecule has 25 heavy (non-hydrogen) atoms. The molecule has 0 aromatic heterocycles. The van der Waals surface area contributed by atoms with E-state index in [1.807, 2.05) is 51.1 Å². The van der Waals surface area contributed by atoms with Gasteiger partial charge in [0, 0.05) is 5.69 Å². The Kier molecular flexibility index (Phi) is 4.27.